The fourth-order valence-electron chi connectivity index (χ4n) is 3.21. The maximum Gasteiger partial charge on any atom is 0.293 e. The van der Waals surface area contributed by atoms with Crippen molar-refractivity contribution in [1.29, 1.82) is 0 Å². The number of hydrogen-bond acceptors (Lipinski definition) is 4. The molecule has 0 spiro atoms. The summed E-state index contributed by atoms with van der Waals surface area (Å²) in [5, 5.41) is 0.338. The van der Waals surface area contributed by atoms with Crippen LogP contribution < -0.4 is 4.90 Å². The van der Waals surface area contributed by atoms with E-state index in [9.17, 15) is 9.59 Å². The third kappa shape index (κ3) is 3.00. The molecule has 0 N–H and O–H groups in total. The predicted octanol–water partition coefficient (Wildman–Crippen LogP) is 5.03. The first kappa shape index (κ1) is 18.1. The summed E-state index contributed by atoms with van der Waals surface area (Å²) >= 11 is 7.45. The second-order valence-electron chi connectivity index (χ2n) is 6.86. The molecule has 3 rings (SSSR count). The molecule has 25 heavy (non-hydrogen) atoms. The minimum Gasteiger partial charge on any atom is -0.365 e. The van der Waals surface area contributed by atoms with Gasteiger partial charge in [-0.15, -0.1) is 0 Å². The largest absolute Gasteiger partial charge is 0.365 e. The highest BCUT2D eigenvalue weighted by Gasteiger charge is 2.34. The van der Waals surface area contributed by atoms with Crippen LogP contribution in [0.1, 0.15) is 38.8 Å². The van der Waals surface area contributed by atoms with Gasteiger partial charge in [-0.05, 0) is 68.8 Å². The number of carbonyl (C=O) groups excluding carboxylic acids is 2. The van der Waals surface area contributed by atoms with Crippen molar-refractivity contribution in [2.75, 3.05) is 18.5 Å². The first-order valence-electron chi connectivity index (χ1n) is 8.18. The number of benzene rings is 1. The lowest BCUT2D eigenvalue weighted by atomic mass is 9.88. The van der Waals surface area contributed by atoms with Gasteiger partial charge < -0.3 is 4.90 Å². The molecule has 2 amide bonds. The van der Waals surface area contributed by atoms with E-state index in [-0.39, 0.29) is 16.7 Å². The van der Waals surface area contributed by atoms with E-state index in [1.165, 1.54) is 10.5 Å². The summed E-state index contributed by atoms with van der Waals surface area (Å²) in [5.41, 5.74) is 3.99. The molecule has 0 unspecified atom stereocenters. The molecule has 1 saturated heterocycles. The van der Waals surface area contributed by atoms with Gasteiger partial charge in [0.05, 0.1) is 10.4 Å². The van der Waals surface area contributed by atoms with Gasteiger partial charge in [0, 0.05) is 29.9 Å². The van der Waals surface area contributed by atoms with Crippen molar-refractivity contribution < 1.29 is 9.59 Å². The lowest BCUT2D eigenvalue weighted by Crippen LogP contribution is -2.42. The van der Waals surface area contributed by atoms with Gasteiger partial charge in [-0.3, -0.25) is 14.5 Å². The van der Waals surface area contributed by atoms with Crippen LogP contribution in [0.3, 0.4) is 0 Å². The van der Waals surface area contributed by atoms with Crippen molar-refractivity contribution in [2.24, 2.45) is 0 Å². The van der Waals surface area contributed by atoms with Crippen molar-refractivity contribution in [2.45, 2.75) is 33.2 Å². The Hall–Kier alpha value is -1.72. The summed E-state index contributed by atoms with van der Waals surface area (Å²) in [6.45, 7) is 8.55. The molecule has 2 heterocycles. The molecule has 2 aliphatic rings. The number of imide groups is 1. The number of hydrogen-bond donors (Lipinski definition) is 0. The zero-order valence-electron chi connectivity index (χ0n) is 15.0. The molecule has 6 heteroatoms. The fourth-order valence-corrected chi connectivity index (χ4v) is 4.32. The highest BCUT2D eigenvalue weighted by atomic mass is 35.5. The quantitative estimate of drug-likeness (QED) is 0.679. The minimum absolute atomic E-state index is 0.0916. The molecule has 1 fully saturated rings. The van der Waals surface area contributed by atoms with Crippen LogP contribution in [0, 0.1) is 0 Å². The molecule has 0 radical (unpaired) electrons. The monoisotopic (exact) mass is 376 g/mol. The number of nitrogens with zero attached hydrogens (tertiary/aromatic N) is 2. The van der Waals surface area contributed by atoms with Crippen LogP contribution in [0.25, 0.3) is 11.6 Å². The maximum absolute atomic E-state index is 12.3. The maximum atomic E-state index is 12.3. The topological polar surface area (TPSA) is 40.6 Å². The van der Waals surface area contributed by atoms with E-state index in [0.29, 0.717) is 16.5 Å². The molecule has 0 aliphatic carbocycles. The van der Waals surface area contributed by atoms with Crippen molar-refractivity contribution in [3.05, 3.63) is 39.3 Å². The lowest BCUT2D eigenvalue weighted by molar-refractivity contribution is -0.122. The van der Waals surface area contributed by atoms with E-state index >= 15 is 0 Å². The van der Waals surface area contributed by atoms with E-state index in [4.69, 9.17) is 11.6 Å². The Kier molecular flexibility index (Phi) is 4.50. The molecule has 0 aromatic heterocycles. The van der Waals surface area contributed by atoms with Gasteiger partial charge in [-0.1, -0.05) is 17.7 Å². The van der Waals surface area contributed by atoms with Crippen LogP contribution in [-0.4, -0.2) is 35.2 Å². The van der Waals surface area contributed by atoms with E-state index in [1.54, 1.807) is 13.0 Å². The average molecular weight is 377 g/mol. The SMILES string of the molecule is CCN1C(=O)S/C(=C\c2cc3c(cc2Cl)N(C)C(C)(C)C=C3C)C1=O. The number of carbonyl (C=O) groups is 2. The third-order valence-electron chi connectivity index (χ3n) is 4.81. The number of likely N-dealkylation sites (N-methyl/N-ethyl adjacent to an activating group) is 2. The van der Waals surface area contributed by atoms with Crippen LogP contribution in [0.2, 0.25) is 5.02 Å². The first-order chi connectivity index (χ1) is 11.7. The van der Waals surface area contributed by atoms with Crippen molar-refractivity contribution >= 4 is 51.8 Å². The van der Waals surface area contributed by atoms with Crippen LogP contribution >= 0.6 is 23.4 Å². The molecule has 0 atom stereocenters. The highest BCUT2D eigenvalue weighted by Crippen LogP contribution is 2.41. The van der Waals surface area contributed by atoms with Crippen LogP contribution in [0.5, 0.6) is 0 Å². The number of anilines is 1. The minimum atomic E-state index is -0.253. The molecule has 1 aromatic rings. The Morgan fingerprint density at radius 3 is 2.56 bits per heavy atom. The Morgan fingerprint density at radius 2 is 1.96 bits per heavy atom. The zero-order valence-corrected chi connectivity index (χ0v) is 16.6. The number of halogens is 1. The van der Waals surface area contributed by atoms with E-state index in [2.05, 4.69) is 31.7 Å². The van der Waals surface area contributed by atoms with Gasteiger partial charge in [-0.25, -0.2) is 0 Å². The van der Waals surface area contributed by atoms with Crippen LogP contribution in [0.15, 0.2) is 23.1 Å². The smallest absolute Gasteiger partial charge is 0.293 e. The predicted molar refractivity (Wildman–Crippen MR) is 106 cm³/mol. The number of thioether (sulfide) groups is 1. The molecule has 0 bridgehead atoms. The third-order valence-corrected chi connectivity index (χ3v) is 6.05. The lowest BCUT2D eigenvalue weighted by Gasteiger charge is -2.40. The average Bonchev–Trinajstić information content (AvgIpc) is 2.79. The van der Waals surface area contributed by atoms with Crippen LogP contribution in [-0.2, 0) is 4.79 Å². The van der Waals surface area contributed by atoms with Gasteiger partial charge in [0.2, 0.25) is 0 Å². The molecule has 1 aromatic carbocycles. The summed E-state index contributed by atoms with van der Waals surface area (Å²) in [6.07, 6.45) is 3.94. The Morgan fingerprint density at radius 1 is 1.28 bits per heavy atom. The first-order valence-corrected chi connectivity index (χ1v) is 9.37. The summed E-state index contributed by atoms with van der Waals surface area (Å²) in [5.74, 6) is -0.253. The van der Waals surface area contributed by atoms with E-state index < -0.39 is 0 Å². The normalized spacial score (nSPS) is 21.0. The summed E-state index contributed by atoms with van der Waals surface area (Å²) in [4.78, 5) is 28.0. The van der Waals surface area contributed by atoms with Crippen molar-refractivity contribution in [3.8, 4) is 0 Å². The molecule has 4 nitrogen and oxygen atoms in total. The standard InChI is InChI=1S/C19H21ClN2O2S/c1-6-22-17(23)16(25-18(22)24)8-12-7-13-11(2)10-19(3,4)21(5)15(13)9-14(12)20/h7-10H,6H2,1-5H3/b16-8-. The van der Waals surface area contributed by atoms with Gasteiger partial charge in [0.15, 0.2) is 0 Å². The number of rotatable bonds is 2. The Balaban J connectivity index is 2.07. The summed E-state index contributed by atoms with van der Waals surface area (Å²) < 4.78 is 0. The van der Waals surface area contributed by atoms with Crippen molar-refractivity contribution in [3.63, 3.8) is 0 Å². The summed E-state index contributed by atoms with van der Waals surface area (Å²) in [7, 11) is 2.05. The van der Waals surface area contributed by atoms with Gasteiger partial charge in [0.1, 0.15) is 0 Å². The molecular formula is C19H21ClN2O2S. The molecule has 2 aliphatic heterocycles. The fraction of sp³-hybridized carbons (Fsp3) is 0.368. The zero-order chi connectivity index (χ0) is 18.5. The van der Waals surface area contributed by atoms with E-state index in [1.807, 2.05) is 19.2 Å². The van der Waals surface area contributed by atoms with Crippen LogP contribution in [0.4, 0.5) is 10.5 Å². The number of amides is 2. The second-order valence-corrected chi connectivity index (χ2v) is 8.26. The summed E-state index contributed by atoms with van der Waals surface area (Å²) in [6, 6.07) is 3.93. The molecular weight excluding hydrogens is 356 g/mol. The van der Waals surface area contributed by atoms with Gasteiger partial charge in [0.25, 0.3) is 11.1 Å². The number of allylic oxidation sites excluding steroid dienone is 1. The Labute approximate surface area is 157 Å². The van der Waals surface area contributed by atoms with Crippen molar-refractivity contribution in [1.82, 2.24) is 4.90 Å². The molecule has 0 saturated carbocycles. The highest BCUT2D eigenvalue weighted by molar-refractivity contribution is 8.18. The number of fused-ring (bicyclic) bond motifs is 1. The molecule has 132 valence electrons. The Bertz CT molecular complexity index is 842. The second kappa shape index (κ2) is 6.22. The van der Waals surface area contributed by atoms with Gasteiger partial charge in [-0.2, -0.15) is 0 Å². The van der Waals surface area contributed by atoms with E-state index in [0.717, 1.165) is 28.6 Å². The van der Waals surface area contributed by atoms with Gasteiger partial charge >= 0.3 is 0 Å².